The molecule has 3 aromatic rings. The maximum absolute atomic E-state index is 13.2. The summed E-state index contributed by atoms with van der Waals surface area (Å²) < 4.78 is 13.2. The SMILES string of the molecule is O=C(C1CCN(c2ccc(-c3ccc(F)cc3)nn2)CC1)N1CCN(CCc2ccccc2)CC1. The Morgan fingerprint density at radius 2 is 1.54 bits per heavy atom. The van der Waals surface area contributed by atoms with Gasteiger partial charge in [0.15, 0.2) is 5.82 Å². The van der Waals surface area contributed by atoms with Crippen molar-refractivity contribution in [1.29, 1.82) is 0 Å². The lowest BCUT2D eigenvalue weighted by Crippen LogP contribution is -2.52. The van der Waals surface area contributed by atoms with Crippen molar-refractivity contribution < 1.29 is 9.18 Å². The number of benzene rings is 2. The highest BCUT2D eigenvalue weighted by Crippen LogP contribution is 2.25. The van der Waals surface area contributed by atoms with Gasteiger partial charge >= 0.3 is 0 Å². The lowest BCUT2D eigenvalue weighted by molar-refractivity contribution is -0.138. The van der Waals surface area contributed by atoms with Crippen molar-refractivity contribution in [2.24, 2.45) is 5.92 Å². The molecule has 0 spiro atoms. The Morgan fingerprint density at radius 1 is 0.829 bits per heavy atom. The highest BCUT2D eigenvalue weighted by atomic mass is 19.1. The van der Waals surface area contributed by atoms with E-state index >= 15 is 0 Å². The third kappa shape index (κ3) is 5.85. The lowest BCUT2D eigenvalue weighted by Gasteiger charge is -2.38. The number of amides is 1. The zero-order valence-electron chi connectivity index (χ0n) is 20.0. The third-order valence-electron chi connectivity index (χ3n) is 7.20. The first-order chi connectivity index (χ1) is 17.2. The molecular formula is C28H32FN5O. The van der Waals surface area contributed by atoms with E-state index in [0.29, 0.717) is 5.91 Å². The highest BCUT2D eigenvalue weighted by molar-refractivity contribution is 5.79. The van der Waals surface area contributed by atoms with E-state index in [0.717, 1.165) is 82.2 Å². The number of piperazine rings is 1. The summed E-state index contributed by atoms with van der Waals surface area (Å²) in [4.78, 5) is 19.9. The molecule has 0 aliphatic carbocycles. The number of halogens is 1. The molecule has 35 heavy (non-hydrogen) atoms. The molecule has 2 saturated heterocycles. The van der Waals surface area contributed by atoms with E-state index in [2.05, 4.69) is 55.2 Å². The predicted octanol–water partition coefficient (Wildman–Crippen LogP) is 3.89. The molecule has 2 fully saturated rings. The van der Waals surface area contributed by atoms with Gasteiger partial charge < -0.3 is 9.80 Å². The molecule has 7 heteroatoms. The molecule has 2 aliphatic heterocycles. The second-order valence-electron chi connectivity index (χ2n) is 9.45. The van der Waals surface area contributed by atoms with E-state index in [4.69, 9.17) is 0 Å². The smallest absolute Gasteiger partial charge is 0.225 e. The maximum atomic E-state index is 13.2. The lowest BCUT2D eigenvalue weighted by atomic mass is 9.95. The summed E-state index contributed by atoms with van der Waals surface area (Å²) in [5.74, 6) is 0.966. The van der Waals surface area contributed by atoms with E-state index in [-0.39, 0.29) is 11.7 Å². The van der Waals surface area contributed by atoms with Crippen LogP contribution in [0.15, 0.2) is 66.7 Å². The Labute approximate surface area is 206 Å². The van der Waals surface area contributed by atoms with Crippen LogP contribution < -0.4 is 4.90 Å². The second-order valence-corrected chi connectivity index (χ2v) is 9.45. The van der Waals surface area contributed by atoms with Gasteiger partial charge in [-0.15, -0.1) is 10.2 Å². The first-order valence-electron chi connectivity index (χ1n) is 12.6. The highest BCUT2D eigenvalue weighted by Gasteiger charge is 2.30. The average Bonchev–Trinajstić information content (AvgIpc) is 2.93. The van der Waals surface area contributed by atoms with Crippen LogP contribution in [0.25, 0.3) is 11.3 Å². The fourth-order valence-corrected chi connectivity index (χ4v) is 5.01. The number of piperidine rings is 1. The summed E-state index contributed by atoms with van der Waals surface area (Å²) in [6.45, 7) is 6.20. The zero-order valence-corrected chi connectivity index (χ0v) is 20.0. The molecule has 3 heterocycles. The van der Waals surface area contributed by atoms with Crippen LogP contribution in [0.4, 0.5) is 10.2 Å². The van der Waals surface area contributed by atoms with Gasteiger partial charge in [-0.05, 0) is 61.2 Å². The van der Waals surface area contributed by atoms with Crippen molar-refractivity contribution in [2.75, 3.05) is 50.7 Å². The van der Waals surface area contributed by atoms with Crippen LogP contribution >= 0.6 is 0 Å². The van der Waals surface area contributed by atoms with Gasteiger partial charge in [0.2, 0.25) is 5.91 Å². The summed E-state index contributed by atoms with van der Waals surface area (Å²) in [6.07, 6.45) is 2.74. The molecule has 0 bridgehead atoms. The van der Waals surface area contributed by atoms with Crippen LogP contribution in [0, 0.1) is 11.7 Å². The van der Waals surface area contributed by atoms with Crippen LogP contribution in [0.1, 0.15) is 18.4 Å². The van der Waals surface area contributed by atoms with Gasteiger partial charge in [-0.3, -0.25) is 9.69 Å². The van der Waals surface area contributed by atoms with E-state index in [1.807, 2.05) is 12.1 Å². The molecule has 182 valence electrons. The Hall–Kier alpha value is -3.32. The van der Waals surface area contributed by atoms with Crippen molar-refractivity contribution in [3.63, 3.8) is 0 Å². The molecular weight excluding hydrogens is 441 g/mol. The number of carbonyl (C=O) groups is 1. The Balaban J connectivity index is 1.07. The van der Waals surface area contributed by atoms with Crippen LogP contribution in [0.3, 0.4) is 0 Å². The van der Waals surface area contributed by atoms with Crippen LogP contribution in [0.5, 0.6) is 0 Å². The van der Waals surface area contributed by atoms with Gasteiger partial charge in [-0.2, -0.15) is 0 Å². The zero-order chi connectivity index (χ0) is 24.0. The van der Waals surface area contributed by atoms with Gasteiger partial charge in [0.1, 0.15) is 5.82 Å². The van der Waals surface area contributed by atoms with Crippen LogP contribution in [-0.4, -0.2) is 71.7 Å². The summed E-state index contributed by atoms with van der Waals surface area (Å²) >= 11 is 0. The fraction of sp³-hybridized carbons (Fsp3) is 0.393. The van der Waals surface area contributed by atoms with Crippen molar-refractivity contribution in [3.05, 3.63) is 78.1 Å². The summed E-state index contributed by atoms with van der Waals surface area (Å²) in [5, 5.41) is 8.72. The summed E-state index contributed by atoms with van der Waals surface area (Å²) in [5.41, 5.74) is 2.93. The first-order valence-corrected chi connectivity index (χ1v) is 12.6. The minimum atomic E-state index is -0.263. The van der Waals surface area contributed by atoms with E-state index in [9.17, 15) is 9.18 Å². The Bertz CT molecular complexity index is 1090. The molecule has 6 nitrogen and oxygen atoms in total. The van der Waals surface area contributed by atoms with Gasteiger partial charge in [-0.1, -0.05) is 30.3 Å². The molecule has 0 N–H and O–H groups in total. The second kappa shape index (κ2) is 11.0. The topological polar surface area (TPSA) is 52.6 Å². The van der Waals surface area contributed by atoms with E-state index in [1.165, 1.54) is 17.7 Å². The van der Waals surface area contributed by atoms with Crippen molar-refractivity contribution in [3.8, 4) is 11.3 Å². The largest absolute Gasteiger partial charge is 0.355 e. The summed E-state index contributed by atoms with van der Waals surface area (Å²) in [7, 11) is 0. The Morgan fingerprint density at radius 3 is 2.20 bits per heavy atom. The quantitative estimate of drug-likeness (QED) is 0.544. The number of nitrogens with zero attached hydrogens (tertiary/aromatic N) is 5. The predicted molar refractivity (Wildman–Crippen MR) is 136 cm³/mol. The Kier molecular flexibility index (Phi) is 7.33. The van der Waals surface area contributed by atoms with E-state index < -0.39 is 0 Å². The number of hydrogen-bond donors (Lipinski definition) is 0. The molecule has 2 aromatic carbocycles. The average molecular weight is 474 g/mol. The molecule has 0 saturated carbocycles. The number of hydrogen-bond acceptors (Lipinski definition) is 5. The monoisotopic (exact) mass is 473 g/mol. The van der Waals surface area contributed by atoms with Crippen LogP contribution in [-0.2, 0) is 11.2 Å². The molecule has 0 atom stereocenters. The number of rotatable bonds is 6. The molecule has 1 amide bonds. The number of aromatic nitrogens is 2. The molecule has 0 radical (unpaired) electrons. The summed E-state index contributed by atoms with van der Waals surface area (Å²) in [6, 6.07) is 20.7. The first kappa shape index (κ1) is 23.4. The molecule has 2 aliphatic rings. The molecule has 5 rings (SSSR count). The maximum Gasteiger partial charge on any atom is 0.225 e. The standard InChI is InChI=1S/C28H32FN5O/c29-25-8-6-23(7-9-25)26-10-11-27(31-30-26)33-16-13-24(14-17-33)28(35)34-20-18-32(19-21-34)15-12-22-4-2-1-3-5-22/h1-11,24H,12-21H2. The fourth-order valence-electron chi connectivity index (χ4n) is 5.01. The number of anilines is 1. The van der Waals surface area contributed by atoms with Gasteiger partial charge in [-0.25, -0.2) is 4.39 Å². The van der Waals surface area contributed by atoms with Crippen molar-refractivity contribution in [1.82, 2.24) is 20.0 Å². The third-order valence-corrected chi connectivity index (χ3v) is 7.20. The minimum absolute atomic E-state index is 0.0913. The van der Waals surface area contributed by atoms with Gasteiger partial charge in [0, 0.05) is 57.3 Å². The normalized spacial score (nSPS) is 17.5. The van der Waals surface area contributed by atoms with Gasteiger partial charge in [0.25, 0.3) is 0 Å². The van der Waals surface area contributed by atoms with Crippen molar-refractivity contribution in [2.45, 2.75) is 19.3 Å². The van der Waals surface area contributed by atoms with Gasteiger partial charge in [0.05, 0.1) is 5.69 Å². The molecule has 1 aromatic heterocycles. The number of carbonyl (C=O) groups excluding carboxylic acids is 1. The van der Waals surface area contributed by atoms with Crippen LogP contribution in [0.2, 0.25) is 0 Å². The minimum Gasteiger partial charge on any atom is -0.355 e. The van der Waals surface area contributed by atoms with E-state index in [1.54, 1.807) is 12.1 Å². The molecule has 0 unspecified atom stereocenters. The van der Waals surface area contributed by atoms with Crippen molar-refractivity contribution >= 4 is 11.7 Å².